The summed E-state index contributed by atoms with van der Waals surface area (Å²) in [6.45, 7) is 3.40. The van der Waals surface area contributed by atoms with Gasteiger partial charge < -0.3 is 14.0 Å². The molecule has 3 aromatic rings. The van der Waals surface area contributed by atoms with Gasteiger partial charge in [0, 0.05) is 33.7 Å². The van der Waals surface area contributed by atoms with Gasteiger partial charge in [-0.2, -0.15) is 5.10 Å². The molecule has 0 atom stereocenters. The van der Waals surface area contributed by atoms with Crippen molar-refractivity contribution in [3.05, 3.63) is 70.5 Å². The number of hydrogen-bond donors (Lipinski definition) is 1. The van der Waals surface area contributed by atoms with Crippen LogP contribution in [-0.2, 0) is 14.8 Å². The minimum absolute atomic E-state index is 0.208. The van der Waals surface area contributed by atoms with Crippen LogP contribution in [0.2, 0.25) is 5.02 Å². The van der Waals surface area contributed by atoms with Crippen LogP contribution in [0.3, 0.4) is 0 Å². The van der Waals surface area contributed by atoms with Gasteiger partial charge >= 0.3 is 0 Å². The zero-order chi connectivity index (χ0) is 25.8. The molecule has 186 valence electrons. The van der Waals surface area contributed by atoms with E-state index in [1.54, 1.807) is 18.2 Å². The maximum Gasteiger partial charge on any atom is 0.260 e. The molecule has 0 aliphatic carbocycles. The minimum atomic E-state index is -3.80. The SMILES string of the molecule is COc1ccc(N(CC(=O)N/N=C\c2cc(C)n(-c3cccc(Cl)c3)c2C)S(C)(=O)=O)c(OC)c1. The molecule has 1 heterocycles. The largest absolute Gasteiger partial charge is 0.497 e. The summed E-state index contributed by atoms with van der Waals surface area (Å²) in [5, 5.41) is 4.66. The number of nitrogens with zero attached hydrogens (tertiary/aromatic N) is 3. The first-order valence-corrected chi connectivity index (χ1v) is 12.7. The monoisotopic (exact) mass is 518 g/mol. The Morgan fingerprint density at radius 2 is 1.89 bits per heavy atom. The molecule has 11 heteroatoms. The van der Waals surface area contributed by atoms with Gasteiger partial charge in [0.1, 0.15) is 18.0 Å². The molecule has 0 aliphatic heterocycles. The summed E-state index contributed by atoms with van der Waals surface area (Å²) in [4.78, 5) is 12.6. The van der Waals surface area contributed by atoms with E-state index in [-0.39, 0.29) is 11.4 Å². The number of hydrogen-bond acceptors (Lipinski definition) is 6. The molecule has 0 bridgehead atoms. The molecule has 35 heavy (non-hydrogen) atoms. The smallest absolute Gasteiger partial charge is 0.260 e. The standard InChI is InChI=1S/C24H27ClN4O5S/c1-16-11-18(17(2)29(16)20-8-6-7-19(25)12-20)14-26-27-24(30)15-28(35(5,31)32)22-10-9-21(33-3)13-23(22)34-4/h6-14H,15H2,1-5H3,(H,27,30)/b26-14-. The highest BCUT2D eigenvalue weighted by molar-refractivity contribution is 7.92. The number of halogens is 1. The van der Waals surface area contributed by atoms with Crippen molar-refractivity contribution < 1.29 is 22.7 Å². The summed E-state index contributed by atoms with van der Waals surface area (Å²) in [6, 6.07) is 14.0. The molecule has 0 saturated carbocycles. The number of benzene rings is 2. The minimum Gasteiger partial charge on any atom is -0.497 e. The fraction of sp³-hybridized carbons (Fsp3) is 0.250. The van der Waals surface area contributed by atoms with Crippen molar-refractivity contribution in [2.75, 3.05) is 31.3 Å². The van der Waals surface area contributed by atoms with Gasteiger partial charge in [-0.25, -0.2) is 13.8 Å². The summed E-state index contributed by atoms with van der Waals surface area (Å²) in [5.74, 6) is 0.121. The zero-order valence-electron chi connectivity index (χ0n) is 20.1. The molecule has 0 fully saturated rings. The Kier molecular flexibility index (Phi) is 8.08. The van der Waals surface area contributed by atoms with Crippen LogP contribution in [0.1, 0.15) is 17.0 Å². The van der Waals surface area contributed by atoms with Gasteiger partial charge in [0.25, 0.3) is 5.91 Å². The summed E-state index contributed by atoms with van der Waals surface area (Å²) < 4.78 is 38.3. The lowest BCUT2D eigenvalue weighted by molar-refractivity contribution is -0.119. The fourth-order valence-corrected chi connectivity index (χ4v) is 4.69. The molecule has 0 radical (unpaired) electrons. The van der Waals surface area contributed by atoms with Gasteiger partial charge in [0.05, 0.1) is 32.4 Å². The Bertz CT molecular complexity index is 1370. The Labute approximate surface area is 210 Å². The van der Waals surface area contributed by atoms with Gasteiger partial charge in [-0.1, -0.05) is 17.7 Å². The van der Waals surface area contributed by atoms with Crippen LogP contribution < -0.4 is 19.2 Å². The molecule has 0 unspecified atom stereocenters. The molecule has 0 spiro atoms. The van der Waals surface area contributed by atoms with E-state index in [1.807, 2.05) is 42.7 Å². The second kappa shape index (κ2) is 10.8. The quantitative estimate of drug-likeness (QED) is 0.344. The number of nitrogens with one attached hydrogen (secondary N) is 1. The number of sulfonamides is 1. The molecule has 1 N–H and O–H groups in total. The summed E-state index contributed by atoms with van der Waals surface area (Å²) in [7, 11) is -0.907. The number of ether oxygens (including phenoxy) is 2. The number of aromatic nitrogens is 1. The maximum atomic E-state index is 12.6. The predicted molar refractivity (Wildman–Crippen MR) is 138 cm³/mol. The molecule has 1 aromatic heterocycles. The third kappa shape index (κ3) is 6.14. The van der Waals surface area contributed by atoms with E-state index < -0.39 is 22.5 Å². The molecule has 1 amide bonds. The van der Waals surface area contributed by atoms with Crippen molar-refractivity contribution in [3.8, 4) is 17.2 Å². The topological polar surface area (TPSA) is 102 Å². The zero-order valence-corrected chi connectivity index (χ0v) is 21.6. The normalized spacial score (nSPS) is 11.5. The molecular formula is C24H27ClN4O5S. The van der Waals surface area contributed by atoms with E-state index in [2.05, 4.69) is 10.5 Å². The Morgan fingerprint density at radius 1 is 1.14 bits per heavy atom. The third-order valence-electron chi connectivity index (χ3n) is 5.27. The van der Waals surface area contributed by atoms with Gasteiger partial charge in [-0.15, -0.1) is 0 Å². The van der Waals surface area contributed by atoms with E-state index in [4.69, 9.17) is 21.1 Å². The summed E-state index contributed by atoms with van der Waals surface area (Å²) >= 11 is 6.13. The molecule has 0 aliphatic rings. The van der Waals surface area contributed by atoms with Crippen molar-refractivity contribution in [3.63, 3.8) is 0 Å². The van der Waals surface area contributed by atoms with Crippen molar-refractivity contribution in [2.24, 2.45) is 5.10 Å². The van der Waals surface area contributed by atoms with Crippen LogP contribution in [0.5, 0.6) is 11.5 Å². The van der Waals surface area contributed by atoms with Gasteiger partial charge in [-0.3, -0.25) is 9.10 Å². The predicted octanol–water partition coefficient (Wildman–Crippen LogP) is 3.68. The number of carbonyl (C=O) groups excluding carboxylic acids is 1. The number of aryl methyl sites for hydroxylation is 1. The highest BCUT2D eigenvalue weighted by Crippen LogP contribution is 2.33. The highest BCUT2D eigenvalue weighted by atomic mass is 35.5. The Balaban J connectivity index is 1.78. The van der Waals surface area contributed by atoms with Crippen molar-refractivity contribution in [2.45, 2.75) is 13.8 Å². The van der Waals surface area contributed by atoms with Crippen LogP contribution in [0.25, 0.3) is 5.69 Å². The molecular weight excluding hydrogens is 492 g/mol. The van der Waals surface area contributed by atoms with Crippen LogP contribution in [0, 0.1) is 13.8 Å². The average Bonchev–Trinajstić information content (AvgIpc) is 3.09. The van der Waals surface area contributed by atoms with E-state index in [1.165, 1.54) is 26.5 Å². The lowest BCUT2D eigenvalue weighted by Crippen LogP contribution is -2.39. The van der Waals surface area contributed by atoms with Crippen LogP contribution in [0.4, 0.5) is 5.69 Å². The number of amides is 1. The first-order valence-electron chi connectivity index (χ1n) is 10.5. The van der Waals surface area contributed by atoms with E-state index in [9.17, 15) is 13.2 Å². The number of carbonyl (C=O) groups is 1. The summed E-state index contributed by atoms with van der Waals surface area (Å²) in [5.41, 5.74) is 6.18. The lowest BCUT2D eigenvalue weighted by atomic mass is 10.2. The van der Waals surface area contributed by atoms with Gasteiger partial charge in [-0.05, 0) is 50.2 Å². The number of hydrazone groups is 1. The first kappa shape index (κ1) is 26.1. The van der Waals surface area contributed by atoms with Gasteiger partial charge in [0.2, 0.25) is 10.0 Å². The highest BCUT2D eigenvalue weighted by Gasteiger charge is 2.24. The van der Waals surface area contributed by atoms with Crippen LogP contribution in [0.15, 0.2) is 53.6 Å². The molecule has 2 aromatic carbocycles. The lowest BCUT2D eigenvalue weighted by Gasteiger charge is -2.23. The Hall–Kier alpha value is -3.50. The maximum absolute atomic E-state index is 12.6. The van der Waals surface area contributed by atoms with Crippen LogP contribution >= 0.6 is 11.6 Å². The third-order valence-corrected chi connectivity index (χ3v) is 6.63. The Morgan fingerprint density at radius 3 is 2.51 bits per heavy atom. The average molecular weight is 519 g/mol. The van der Waals surface area contributed by atoms with Crippen LogP contribution in [-0.4, -0.2) is 52.1 Å². The second-order valence-corrected chi connectivity index (χ2v) is 10.1. The second-order valence-electron chi connectivity index (χ2n) is 7.74. The number of anilines is 1. The van der Waals surface area contributed by atoms with Crippen molar-refractivity contribution in [1.82, 2.24) is 9.99 Å². The molecule has 3 rings (SSSR count). The number of methoxy groups -OCH3 is 2. The van der Waals surface area contributed by atoms with E-state index in [0.717, 1.165) is 33.2 Å². The van der Waals surface area contributed by atoms with E-state index in [0.29, 0.717) is 10.8 Å². The number of rotatable bonds is 9. The van der Waals surface area contributed by atoms with Crippen molar-refractivity contribution >= 4 is 39.4 Å². The van der Waals surface area contributed by atoms with Crippen molar-refractivity contribution in [1.29, 1.82) is 0 Å². The fourth-order valence-electron chi connectivity index (χ4n) is 3.64. The first-order chi connectivity index (χ1) is 16.5. The molecule has 0 saturated heterocycles. The van der Waals surface area contributed by atoms with Gasteiger partial charge in [0.15, 0.2) is 0 Å². The molecule has 9 nitrogen and oxygen atoms in total. The van der Waals surface area contributed by atoms with E-state index >= 15 is 0 Å². The summed E-state index contributed by atoms with van der Waals surface area (Å²) in [6.07, 6.45) is 2.53.